The van der Waals surface area contributed by atoms with Crippen molar-refractivity contribution in [1.82, 2.24) is 0 Å². The highest BCUT2D eigenvalue weighted by atomic mass is 35.5. The fourth-order valence-electron chi connectivity index (χ4n) is 1.58. The molecule has 6 heteroatoms. The van der Waals surface area contributed by atoms with Crippen molar-refractivity contribution in [2.45, 2.75) is 0 Å². The van der Waals surface area contributed by atoms with E-state index in [2.05, 4.69) is 0 Å². The number of rotatable bonds is 6. The topological polar surface area (TPSA) is 55.8 Å². The number of carbonyl (C=O) groups is 1. The van der Waals surface area contributed by atoms with Crippen molar-refractivity contribution in [3.8, 4) is 11.5 Å². The van der Waals surface area contributed by atoms with Crippen LogP contribution < -0.4 is 9.47 Å². The Bertz CT molecular complexity index is 628. The van der Waals surface area contributed by atoms with E-state index in [4.69, 9.17) is 26.2 Å². The summed E-state index contributed by atoms with van der Waals surface area (Å²) in [5, 5.41) is 8.80. The maximum Gasteiger partial charge on any atom is 0.335 e. The summed E-state index contributed by atoms with van der Waals surface area (Å²) in [6.07, 6.45) is 0. The third kappa shape index (κ3) is 4.36. The van der Waals surface area contributed by atoms with Crippen LogP contribution in [0.25, 0.3) is 0 Å². The molecule has 0 aliphatic heterocycles. The zero-order valence-electron chi connectivity index (χ0n) is 10.9. The smallest absolute Gasteiger partial charge is 0.335 e. The molecule has 0 aliphatic carbocycles. The molecule has 0 heterocycles. The molecule has 2 rings (SSSR count). The van der Waals surface area contributed by atoms with Crippen molar-refractivity contribution in [1.29, 1.82) is 0 Å². The van der Waals surface area contributed by atoms with Gasteiger partial charge in [-0.3, -0.25) is 0 Å². The van der Waals surface area contributed by atoms with E-state index >= 15 is 0 Å². The third-order valence-electron chi connectivity index (χ3n) is 2.61. The van der Waals surface area contributed by atoms with Crippen LogP contribution in [0.1, 0.15) is 10.4 Å². The van der Waals surface area contributed by atoms with Crippen molar-refractivity contribution in [2.75, 3.05) is 13.2 Å². The first-order valence-electron chi connectivity index (χ1n) is 6.10. The van der Waals surface area contributed by atoms with Gasteiger partial charge in [0.1, 0.15) is 30.5 Å². The number of hydrogen-bond donors (Lipinski definition) is 1. The molecule has 110 valence electrons. The first-order valence-corrected chi connectivity index (χ1v) is 6.48. The van der Waals surface area contributed by atoms with Gasteiger partial charge in [0.2, 0.25) is 0 Å². The summed E-state index contributed by atoms with van der Waals surface area (Å²) in [6.45, 7) is 0.471. The number of benzene rings is 2. The fraction of sp³-hybridized carbons (Fsp3) is 0.133. The van der Waals surface area contributed by atoms with E-state index in [1.54, 1.807) is 18.2 Å². The predicted molar refractivity (Wildman–Crippen MR) is 75.8 cm³/mol. The van der Waals surface area contributed by atoms with Gasteiger partial charge in [-0.15, -0.1) is 0 Å². The van der Waals surface area contributed by atoms with Crippen LogP contribution in [-0.4, -0.2) is 24.3 Å². The van der Waals surface area contributed by atoms with Gasteiger partial charge in [0, 0.05) is 6.07 Å². The lowest BCUT2D eigenvalue weighted by atomic mass is 10.2. The van der Waals surface area contributed by atoms with E-state index in [1.807, 2.05) is 0 Å². The second-order valence-electron chi connectivity index (χ2n) is 4.10. The van der Waals surface area contributed by atoms with Gasteiger partial charge in [0.15, 0.2) is 0 Å². The molecular weight excluding hydrogens is 299 g/mol. The lowest BCUT2D eigenvalue weighted by molar-refractivity contribution is 0.0697. The Hall–Kier alpha value is -2.27. The Morgan fingerprint density at radius 3 is 2.19 bits per heavy atom. The van der Waals surface area contributed by atoms with E-state index in [9.17, 15) is 9.18 Å². The first kappa shape index (κ1) is 15.1. The second-order valence-corrected chi connectivity index (χ2v) is 4.51. The SMILES string of the molecule is O=C(O)c1ccc(OCCOc2ccc(Cl)c(F)c2)cc1. The molecule has 4 nitrogen and oxygen atoms in total. The Morgan fingerprint density at radius 1 is 1.05 bits per heavy atom. The van der Waals surface area contributed by atoms with E-state index in [0.717, 1.165) is 0 Å². The van der Waals surface area contributed by atoms with Crippen molar-refractivity contribution >= 4 is 17.6 Å². The monoisotopic (exact) mass is 310 g/mol. The van der Waals surface area contributed by atoms with Crippen LogP contribution in [0, 0.1) is 5.82 Å². The molecule has 0 saturated heterocycles. The van der Waals surface area contributed by atoms with Gasteiger partial charge in [-0.25, -0.2) is 9.18 Å². The van der Waals surface area contributed by atoms with E-state index in [0.29, 0.717) is 11.5 Å². The zero-order valence-corrected chi connectivity index (χ0v) is 11.6. The quantitative estimate of drug-likeness (QED) is 0.828. The van der Waals surface area contributed by atoms with Crippen molar-refractivity contribution < 1.29 is 23.8 Å². The minimum Gasteiger partial charge on any atom is -0.490 e. The average Bonchev–Trinajstić information content (AvgIpc) is 2.47. The summed E-state index contributed by atoms with van der Waals surface area (Å²) in [6, 6.07) is 10.2. The minimum atomic E-state index is -0.991. The van der Waals surface area contributed by atoms with Crippen LogP contribution in [0.5, 0.6) is 11.5 Å². The Labute approximate surface area is 125 Å². The van der Waals surface area contributed by atoms with Crippen molar-refractivity contribution in [3.63, 3.8) is 0 Å². The highest BCUT2D eigenvalue weighted by molar-refractivity contribution is 6.30. The normalized spacial score (nSPS) is 10.2. The Balaban J connectivity index is 1.79. The number of aromatic carboxylic acids is 1. The molecule has 0 saturated carbocycles. The summed E-state index contributed by atoms with van der Waals surface area (Å²) in [7, 11) is 0. The molecule has 2 aromatic carbocycles. The standard InChI is InChI=1S/C15H12ClFO4/c16-13-6-5-12(9-14(13)17)21-8-7-20-11-3-1-10(2-4-11)15(18)19/h1-6,9H,7-8H2,(H,18,19). The van der Waals surface area contributed by atoms with E-state index < -0.39 is 11.8 Å². The summed E-state index contributed by atoms with van der Waals surface area (Å²) < 4.78 is 23.9. The van der Waals surface area contributed by atoms with Gasteiger partial charge in [0.25, 0.3) is 0 Å². The lowest BCUT2D eigenvalue weighted by Crippen LogP contribution is -2.09. The van der Waals surface area contributed by atoms with Crippen LogP contribution in [0.4, 0.5) is 4.39 Å². The fourth-order valence-corrected chi connectivity index (χ4v) is 1.70. The number of carboxylic acid groups (broad SMARTS) is 1. The van der Waals surface area contributed by atoms with Crippen LogP contribution in [0.15, 0.2) is 42.5 Å². The maximum atomic E-state index is 13.2. The summed E-state index contributed by atoms with van der Waals surface area (Å²) in [5.41, 5.74) is 0.190. The lowest BCUT2D eigenvalue weighted by Gasteiger charge is -2.09. The molecule has 0 bridgehead atoms. The molecule has 0 spiro atoms. The van der Waals surface area contributed by atoms with Crippen molar-refractivity contribution in [2.24, 2.45) is 0 Å². The summed E-state index contributed by atoms with van der Waals surface area (Å²) in [4.78, 5) is 10.7. The van der Waals surface area contributed by atoms with Crippen LogP contribution in [0.3, 0.4) is 0 Å². The molecule has 1 N–H and O–H groups in total. The van der Waals surface area contributed by atoms with Crippen molar-refractivity contribution in [3.05, 3.63) is 58.9 Å². The number of ether oxygens (including phenoxy) is 2. The average molecular weight is 311 g/mol. The molecule has 0 unspecified atom stereocenters. The molecule has 0 radical (unpaired) electrons. The van der Waals surface area contributed by atoms with Gasteiger partial charge in [-0.1, -0.05) is 11.6 Å². The first-order chi connectivity index (χ1) is 10.1. The molecular formula is C15H12ClFO4. The van der Waals surface area contributed by atoms with E-state index in [1.165, 1.54) is 24.3 Å². The van der Waals surface area contributed by atoms with Gasteiger partial charge in [-0.2, -0.15) is 0 Å². The van der Waals surface area contributed by atoms with Gasteiger partial charge in [-0.05, 0) is 36.4 Å². The van der Waals surface area contributed by atoms with E-state index in [-0.39, 0.29) is 23.8 Å². The third-order valence-corrected chi connectivity index (χ3v) is 2.92. The largest absolute Gasteiger partial charge is 0.490 e. The number of halogens is 2. The van der Waals surface area contributed by atoms with Gasteiger partial charge >= 0.3 is 5.97 Å². The van der Waals surface area contributed by atoms with Crippen LogP contribution >= 0.6 is 11.6 Å². The summed E-state index contributed by atoms with van der Waals surface area (Å²) in [5.74, 6) is -0.637. The molecule has 0 fully saturated rings. The molecule has 0 aromatic heterocycles. The molecule has 2 aromatic rings. The van der Waals surface area contributed by atoms with Gasteiger partial charge < -0.3 is 14.6 Å². The summed E-state index contributed by atoms with van der Waals surface area (Å²) >= 11 is 5.56. The predicted octanol–water partition coefficient (Wildman–Crippen LogP) is 3.64. The zero-order chi connectivity index (χ0) is 15.2. The van der Waals surface area contributed by atoms with Crippen LogP contribution in [-0.2, 0) is 0 Å². The molecule has 0 aliphatic rings. The maximum absolute atomic E-state index is 13.2. The van der Waals surface area contributed by atoms with Gasteiger partial charge in [0.05, 0.1) is 10.6 Å². The minimum absolute atomic E-state index is 0.0390. The Morgan fingerprint density at radius 2 is 1.62 bits per heavy atom. The molecule has 0 amide bonds. The highest BCUT2D eigenvalue weighted by Gasteiger charge is 2.03. The second kappa shape index (κ2) is 6.95. The highest BCUT2D eigenvalue weighted by Crippen LogP contribution is 2.20. The Kier molecular flexibility index (Phi) is 5.00. The number of hydrogen-bond acceptors (Lipinski definition) is 3. The molecule has 21 heavy (non-hydrogen) atoms. The number of carboxylic acids is 1. The molecule has 0 atom stereocenters. The van der Waals surface area contributed by atoms with Crippen LogP contribution in [0.2, 0.25) is 5.02 Å².